The predicted octanol–water partition coefficient (Wildman–Crippen LogP) is 2.69. The summed E-state index contributed by atoms with van der Waals surface area (Å²) in [5.41, 5.74) is 0.848. The standard InChI is InChI=1S/C16H21N5OS/c1-16(2,22-3)14-19-15(23-20-14)21-8-12(9-21)13-17-6-11(7-18-13)10-4-5-10/h6-7,10,12H,4-5,8-9H2,1-3H3. The van der Waals surface area contributed by atoms with E-state index in [-0.39, 0.29) is 0 Å². The van der Waals surface area contributed by atoms with Gasteiger partial charge in [0.15, 0.2) is 5.82 Å². The number of rotatable bonds is 5. The Morgan fingerprint density at radius 3 is 2.48 bits per heavy atom. The van der Waals surface area contributed by atoms with Crippen molar-refractivity contribution in [1.82, 2.24) is 19.3 Å². The normalized spacial score (nSPS) is 19.0. The molecule has 0 amide bonds. The lowest BCUT2D eigenvalue weighted by atomic mass is 10.00. The highest BCUT2D eigenvalue weighted by atomic mass is 32.1. The SMILES string of the molecule is COC(C)(C)c1nsc(N2CC(c3ncc(C4CC4)cn3)C2)n1. The zero-order valence-electron chi connectivity index (χ0n) is 13.7. The second-order valence-electron chi connectivity index (χ2n) is 6.87. The number of aromatic nitrogens is 4. The number of nitrogens with zero attached hydrogens (tertiary/aromatic N) is 5. The average Bonchev–Trinajstić information content (AvgIpc) is 3.24. The summed E-state index contributed by atoms with van der Waals surface area (Å²) in [6.45, 7) is 5.77. The van der Waals surface area contributed by atoms with Gasteiger partial charge in [-0.1, -0.05) is 0 Å². The third kappa shape index (κ3) is 2.83. The summed E-state index contributed by atoms with van der Waals surface area (Å²) in [6, 6.07) is 0. The largest absolute Gasteiger partial charge is 0.371 e. The Labute approximate surface area is 140 Å². The first-order chi connectivity index (χ1) is 11.1. The van der Waals surface area contributed by atoms with Gasteiger partial charge in [0.2, 0.25) is 5.13 Å². The Hall–Kier alpha value is -1.60. The number of hydrogen-bond acceptors (Lipinski definition) is 7. The zero-order chi connectivity index (χ0) is 16.0. The molecular formula is C16H21N5OS. The molecule has 1 saturated heterocycles. The van der Waals surface area contributed by atoms with E-state index in [1.54, 1.807) is 7.11 Å². The van der Waals surface area contributed by atoms with Crippen LogP contribution in [0.1, 0.15) is 55.7 Å². The van der Waals surface area contributed by atoms with E-state index < -0.39 is 5.60 Å². The summed E-state index contributed by atoms with van der Waals surface area (Å²) in [7, 11) is 1.68. The Morgan fingerprint density at radius 2 is 1.87 bits per heavy atom. The minimum absolute atomic E-state index is 0.394. The molecule has 0 radical (unpaired) electrons. The van der Waals surface area contributed by atoms with Crippen molar-refractivity contribution in [2.75, 3.05) is 25.1 Å². The molecule has 0 atom stereocenters. The third-order valence-electron chi connectivity index (χ3n) is 4.72. The van der Waals surface area contributed by atoms with Gasteiger partial charge in [0.1, 0.15) is 11.4 Å². The minimum atomic E-state index is -0.444. The Kier molecular flexibility index (Phi) is 3.57. The third-order valence-corrected chi connectivity index (χ3v) is 5.50. The number of hydrogen-bond donors (Lipinski definition) is 0. The fraction of sp³-hybridized carbons (Fsp3) is 0.625. The predicted molar refractivity (Wildman–Crippen MR) is 88.9 cm³/mol. The number of methoxy groups -OCH3 is 1. The summed E-state index contributed by atoms with van der Waals surface area (Å²) < 4.78 is 9.87. The molecule has 1 aliphatic heterocycles. The quantitative estimate of drug-likeness (QED) is 0.839. The zero-order valence-corrected chi connectivity index (χ0v) is 14.5. The van der Waals surface area contributed by atoms with Crippen LogP contribution in [0, 0.1) is 0 Å². The summed E-state index contributed by atoms with van der Waals surface area (Å²) >= 11 is 1.43. The van der Waals surface area contributed by atoms with Crippen LogP contribution in [0.15, 0.2) is 12.4 Å². The second-order valence-corrected chi connectivity index (χ2v) is 7.60. The molecule has 0 unspecified atom stereocenters. The van der Waals surface area contributed by atoms with E-state index in [4.69, 9.17) is 4.74 Å². The van der Waals surface area contributed by atoms with Crippen LogP contribution in [0.5, 0.6) is 0 Å². The van der Waals surface area contributed by atoms with Gasteiger partial charge in [-0.3, -0.25) is 0 Å². The highest BCUT2D eigenvalue weighted by Crippen LogP contribution is 2.39. The molecule has 1 saturated carbocycles. The smallest absolute Gasteiger partial charge is 0.205 e. The first-order valence-corrected chi connectivity index (χ1v) is 8.80. The van der Waals surface area contributed by atoms with Crippen molar-refractivity contribution in [3.05, 3.63) is 29.6 Å². The Bertz CT molecular complexity index is 689. The van der Waals surface area contributed by atoms with Gasteiger partial charge in [-0.25, -0.2) is 15.0 Å². The van der Waals surface area contributed by atoms with Crippen LogP contribution in [0.2, 0.25) is 0 Å². The molecule has 7 heteroatoms. The first-order valence-electron chi connectivity index (χ1n) is 8.03. The lowest BCUT2D eigenvalue weighted by Crippen LogP contribution is -2.45. The molecular weight excluding hydrogens is 310 g/mol. The van der Waals surface area contributed by atoms with Crippen LogP contribution < -0.4 is 4.90 Å². The van der Waals surface area contributed by atoms with Crippen molar-refractivity contribution in [3.63, 3.8) is 0 Å². The van der Waals surface area contributed by atoms with Crippen LogP contribution >= 0.6 is 11.5 Å². The lowest BCUT2D eigenvalue weighted by molar-refractivity contribution is 0.0125. The highest BCUT2D eigenvalue weighted by Gasteiger charge is 2.34. The molecule has 6 nitrogen and oxygen atoms in total. The van der Waals surface area contributed by atoms with E-state index in [9.17, 15) is 0 Å². The molecule has 2 aliphatic rings. The van der Waals surface area contributed by atoms with Gasteiger partial charge in [-0.15, -0.1) is 0 Å². The van der Waals surface area contributed by atoms with E-state index in [1.165, 1.54) is 29.9 Å². The summed E-state index contributed by atoms with van der Waals surface area (Å²) in [6.07, 6.45) is 6.59. The second kappa shape index (κ2) is 5.49. The highest BCUT2D eigenvalue weighted by molar-refractivity contribution is 7.09. The van der Waals surface area contributed by atoms with Crippen molar-refractivity contribution in [3.8, 4) is 0 Å². The molecule has 3 heterocycles. The van der Waals surface area contributed by atoms with Crippen molar-refractivity contribution >= 4 is 16.7 Å². The van der Waals surface area contributed by atoms with Gasteiger partial charge in [0.05, 0.1) is 5.92 Å². The van der Waals surface area contributed by atoms with Gasteiger partial charge >= 0.3 is 0 Å². The molecule has 1 aliphatic carbocycles. The van der Waals surface area contributed by atoms with Gasteiger partial charge < -0.3 is 9.64 Å². The number of anilines is 1. The van der Waals surface area contributed by atoms with Crippen molar-refractivity contribution in [2.45, 2.75) is 44.1 Å². The van der Waals surface area contributed by atoms with E-state index in [2.05, 4.69) is 24.2 Å². The maximum atomic E-state index is 5.44. The van der Waals surface area contributed by atoms with Gasteiger partial charge in [-0.2, -0.15) is 4.37 Å². The maximum absolute atomic E-state index is 5.44. The first kappa shape index (κ1) is 15.0. The van der Waals surface area contributed by atoms with Crippen molar-refractivity contribution in [1.29, 1.82) is 0 Å². The molecule has 2 fully saturated rings. The van der Waals surface area contributed by atoms with E-state index in [0.29, 0.717) is 11.8 Å². The van der Waals surface area contributed by atoms with Gasteiger partial charge in [-0.05, 0) is 38.2 Å². The fourth-order valence-electron chi connectivity index (χ4n) is 2.66. The molecule has 0 aromatic carbocycles. The van der Waals surface area contributed by atoms with Crippen molar-refractivity contribution in [2.24, 2.45) is 0 Å². The van der Waals surface area contributed by atoms with Gasteiger partial charge in [0, 0.05) is 44.1 Å². The molecule has 2 aromatic rings. The average molecular weight is 331 g/mol. The lowest BCUT2D eigenvalue weighted by Gasteiger charge is -2.37. The van der Waals surface area contributed by atoms with E-state index in [1.807, 2.05) is 26.2 Å². The Balaban J connectivity index is 1.39. The molecule has 2 aromatic heterocycles. The van der Waals surface area contributed by atoms with Crippen LogP contribution in [-0.4, -0.2) is 39.5 Å². The van der Waals surface area contributed by atoms with Crippen LogP contribution in [-0.2, 0) is 10.3 Å². The van der Waals surface area contributed by atoms with Crippen LogP contribution in [0.3, 0.4) is 0 Å². The molecule has 0 spiro atoms. The molecule has 0 N–H and O–H groups in total. The molecule has 0 bridgehead atoms. The molecule has 4 rings (SSSR count). The van der Waals surface area contributed by atoms with E-state index >= 15 is 0 Å². The topological polar surface area (TPSA) is 64.0 Å². The summed E-state index contributed by atoms with van der Waals surface area (Å²) in [5, 5.41) is 0.955. The van der Waals surface area contributed by atoms with Gasteiger partial charge in [0.25, 0.3) is 0 Å². The van der Waals surface area contributed by atoms with Crippen LogP contribution in [0.25, 0.3) is 0 Å². The molecule has 122 valence electrons. The summed E-state index contributed by atoms with van der Waals surface area (Å²) in [4.78, 5) is 16.0. The van der Waals surface area contributed by atoms with Crippen LogP contribution in [0.4, 0.5) is 5.13 Å². The monoisotopic (exact) mass is 331 g/mol. The summed E-state index contributed by atoms with van der Waals surface area (Å²) in [5.74, 6) is 2.80. The number of ether oxygens (including phenoxy) is 1. The minimum Gasteiger partial charge on any atom is -0.371 e. The van der Waals surface area contributed by atoms with E-state index in [0.717, 1.165) is 29.9 Å². The fourth-order valence-corrected chi connectivity index (χ4v) is 3.48. The Morgan fingerprint density at radius 1 is 1.17 bits per heavy atom. The molecule has 23 heavy (non-hydrogen) atoms. The van der Waals surface area contributed by atoms with Crippen molar-refractivity contribution < 1.29 is 4.74 Å². The maximum Gasteiger partial charge on any atom is 0.205 e.